The number of hydrogen-bond acceptors (Lipinski definition) is 4. The SMILES string of the molecule is C=CCNC(=O)C(=O)Nc1c(C(N)=O)oc2ccccc12. The quantitative estimate of drug-likeness (QED) is 0.569. The van der Waals surface area contributed by atoms with Crippen molar-refractivity contribution in [2.75, 3.05) is 11.9 Å². The van der Waals surface area contributed by atoms with Gasteiger partial charge in [0.1, 0.15) is 11.3 Å². The molecule has 0 fully saturated rings. The molecule has 1 aromatic heterocycles. The molecular formula is C14H13N3O4. The van der Waals surface area contributed by atoms with Crippen LogP contribution in [0.5, 0.6) is 0 Å². The molecule has 0 aliphatic carbocycles. The predicted octanol–water partition coefficient (Wildman–Crippen LogP) is 0.772. The number of carbonyl (C=O) groups excluding carboxylic acids is 3. The highest BCUT2D eigenvalue weighted by molar-refractivity contribution is 6.40. The number of anilines is 1. The van der Waals surface area contributed by atoms with Crippen molar-refractivity contribution in [1.29, 1.82) is 0 Å². The first-order valence-corrected chi connectivity index (χ1v) is 6.06. The molecule has 108 valence electrons. The molecule has 0 aliphatic rings. The van der Waals surface area contributed by atoms with Gasteiger partial charge in [-0.05, 0) is 12.1 Å². The normalized spacial score (nSPS) is 10.1. The average molecular weight is 287 g/mol. The molecule has 0 bridgehead atoms. The van der Waals surface area contributed by atoms with Gasteiger partial charge in [-0.2, -0.15) is 0 Å². The lowest BCUT2D eigenvalue weighted by atomic mass is 10.2. The number of nitrogens with two attached hydrogens (primary N) is 1. The monoisotopic (exact) mass is 287 g/mol. The summed E-state index contributed by atoms with van der Waals surface area (Å²) in [6.07, 6.45) is 1.44. The van der Waals surface area contributed by atoms with Gasteiger partial charge in [-0.3, -0.25) is 14.4 Å². The molecule has 21 heavy (non-hydrogen) atoms. The molecule has 3 amide bonds. The highest BCUT2D eigenvalue weighted by Gasteiger charge is 2.22. The predicted molar refractivity (Wildman–Crippen MR) is 76.6 cm³/mol. The zero-order valence-corrected chi connectivity index (χ0v) is 11.0. The molecule has 0 spiro atoms. The van der Waals surface area contributed by atoms with Gasteiger partial charge >= 0.3 is 11.8 Å². The Hall–Kier alpha value is -3.09. The fourth-order valence-corrected chi connectivity index (χ4v) is 1.76. The minimum absolute atomic E-state index is 0.0804. The third kappa shape index (κ3) is 2.92. The number of amides is 3. The fourth-order valence-electron chi connectivity index (χ4n) is 1.76. The molecule has 7 nitrogen and oxygen atoms in total. The minimum atomic E-state index is -0.925. The Morgan fingerprint density at radius 1 is 1.24 bits per heavy atom. The molecule has 7 heteroatoms. The number of furan rings is 1. The third-order valence-electron chi connectivity index (χ3n) is 2.67. The van der Waals surface area contributed by atoms with Gasteiger partial charge in [0.15, 0.2) is 0 Å². The molecule has 1 heterocycles. The van der Waals surface area contributed by atoms with Crippen LogP contribution in [0, 0.1) is 0 Å². The Morgan fingerprint density at radius 3 is 2.62 bits per heavy atom. The number of carbonyl (C=O) groups is 3. The van der Waals surface area contributed by atoms with Crippen molar-refractivity contribution in [2.24, 2.45) is 5.73 Å². The van der Waals surface area contributed by atoms with Crippen LogP contribution in [0.15, 0.2) is 41.3 Å². The van der Waals surface area contributed by atoms with Gasteiger partial charge in [-0.25, -0.2) is 0 Å². The maximum atomic E-state index is 11.8. The van der Waals surface area contributed by atoms with Crippen LogP contribution in [0.25, 0.3) is 11.0 Å². The van der Waals surface area contributed by atoms with Crippen LogP contribution in [0.4, 0.5) is 5.69 Å². The Labute approximate surface area is 119 Å². The van der Waals surface area contributed by atoms with Crippen LogP contribution in [-0.4, -0.2) is 24.3 Å². The molecule has 0 atom stereocenters. The van der Waals surface area contributed by atoms with Gasteiger partial charge in [0, 0.05) is 11.9 Å². The Balaban J connectivity index is 2.34. The molecule has 1 aromatic carbocycles. The summed E-state index contributed by atoms with van der Waals surface area (Å²) in [7, 11) is 0. The van der Waals surface area contributed by atoms with Crippen LogP contribution in [0.1, 0.15) is 10.6 Å². The summed E-state index contributed by atoms with van der Waals surface area (Å²) >= 11 is 0. The third-order valence-corrected chi connectivity index (χ3v) is 2.67. The summed E-state index contributed by atoms with van der Waals surface area (Å²) in [4.78, 5) is 34.7. The molecule has 0 aliphatic heterocycles. The Kier molecular flexibility index (Phi) is 4.03. The summed E-state index contributed by atoms with van der Waals surface area (Å²) in [5, 5.41) is 5.15. The van der Waals surface area contributed by atoms with Gasteiger partial charge in [0.25, 0.3) is 5.91 Å². The van der Waals surface area contributed by atoms with Crippen molar-refractivity contribution in [2.45, 2.75) is 0 Å². The van der Waals surface area contributed by atoms with Crippen molar-refractivity contribution in [3.63, 3.8) is 0 Å². The maximum absolute atomic E-state index is 11.8. The highest BCUT2D eigenvalue weighted by atomic mass is 16.3. The van der Waals surface area contributed by atoms with Crippen LogP contribution in [-0.2, 0) is 9.59 Å². The summed E-state index contributed by atoms with van der Waals surface area (Å²) < 4.78 is 5.29. The summed E-state index contributed by atoms with van der Waals surface area (Å²) in [5.41, 5.74) is 5.68. The van der Waals surface area contributed by atoms with Gasteiger partial charge in [0.05, 0.1) is 0 Å². The Bertz CT molecular complexity index is 733. The molecule has 0 unspecified atom stereocenters. The van der Waals surface area contributed by atoms with Gasteiger partial charge in [-0.15, -0.1) is 6.58 Å². The number of primary amides is 1. The average Bonchev–Trinajstić information content (AvgIpc) is 2.84. The smallest absolute Gasteiger partial charge is 0.313 e. The maximum Gasteiger partial charge on any atom is 0.313 e. The molecule has 0 radical (unpaired) electrons. The van der Waals surface area contributed by atoms with E-state index in [9.17, 15) is 14.4 Å². The molecule has 0 saturated heterocycles. The van der Waals surface area contributed by atoms with Crippen LogP contribution in [0.2, 0.25) is 0 Å². The van der Waals surface area contributed by atoms with Crippen molar-refractivity contribution in [1.82, 2.24) is 5.32 Å². The van der Waals surface area contributed by atoms with Crippen molar-refractivity contribution in [3.8, 4) is 0 Å². The number of hydrogen-bond donors (Lipinski definition) is 3. The van der Waals surface area contributed by atoms with Crippen molar-refractivity contribution < 1.29 is 18.8 Å². The topological polar surface area (TPSA) is 114 Å². The van der Waals surface area contributed by atoms with E-state index in [4.69, 9.17) is 10.2 Å². The van der Waals surface area contributed by atoms with E-state index < -0.39 is 17.7 Å². The number of rotatable bonds is 4. The van der Waals surface area contributed by atoms with E-state index in [0.29, 0.717) is 11.0 Å². The van der Waals surface area contributed by atoms with Crippen LogP contribution in [0.3, 0.4) is 0 Å². The molecule has 2 aromatic rings. The van der Waals surface area contributed by atoms with E-state index in [2.05, 4.69) is 17.2 Å². The highest BCUT2D eigenvalue weighted by Crippen LogP contribution is 2.30. The Morgan fingerprint density at radius 2 is 1.95 bits per heavy atom. The number of para-hydroxylation sites is 1. The van der Waals surface area contributed by atoms with E-state index in [1.165, 1.54) is 6.08 Å². The lowest BCUT2D eigenvalue weighted by Crippen LogP contribution is -2.35. The summed E-state index contributed by atoms with van der Waals surface area (Å²) in [6.45, 7) is 3.58. The van der Waals surface area contributed by atoms with Gasteiger partial charge < -0.3 is 20.8 Å². The first-order valence-electron chi connectivity index (χ1n) is 6.06. The zero-order valence-electron chi connectivity index (χ0n) is 11.0. The lowest BCUT2D eigenvalue weighted by molar-refractivity contribution is -0.136. The minimum Gasteiger partial charge on any atom is -0.449 e. The first kappa shape index (κ1) is 14.3. The van der Waals surface area contributed by atoms with E-state index in [-0.39, 0.29) is 18.0 Å². The second-order valence-electron chi connectivity index (χ2n) is 4.12. The van der Waals surface area contributed by atoms with E-state index in [1.54, 1.807) is 24.3 Å². The standard InChI is InChI=1S/C14H13N3O4/c1-2-7-16-13(19)14(20)17-10-8-5-3-4-6-9(8)21-11(10)12(15)18/h2-6H,1,7H2,(H2,15,18)(H,16,19)(H,17,20). The first-order chi connectivity index (χ1) is 10.0. The fraction of sp³-hybridized carbons (Fsp3) is 0.0714. The van der Waals surface area contributed by atoms with Gasteiger partial charge in [0.2, 0.25) is 5.76 Å². The largest absolute Gasteiger partial charge is 0.449 e. The molecule has 4 N–H and O–H groups in total. The summed E-state index contributed by atoms with van der Waals surface area (Å²) in [6, 6.07) is 6.67. The summed E-state index contributed by atoms with van der Waals surface area (Å²) in [5.74, 6) is -2.82. The van der Waals surface area contributed by atoms with Crippen LogP contribution >= 0.6 is 0 Å². The molecule has 0 saturated carbocycles. The molecule has 2 rings (SSSR count). The number of benzene rings is 1. The van der Waals surface area contributed by atoms with E-state index in [1.807, 2.05) is 0 Å². The van der Waals surface area contributed by atoms with Crippen molar-refractivity contribution >= 4 is 34.4 Å². The van der Waals surface area contributed by atoms with E-state index >= 15 is 0 Å². The number of fused-ring (bicyclic) bond motifs is 1. The van der Waals surface area contributed by atoms with Crippen molar-refractivity contribution in [3.05, 3.63) is 42.7 Å². The van der Waals surface area contributed by atoms with E-state index in [0.717, 1.165) is 0 Å². The lowest BCUT2D eigenvalue weighted by Gasteiger charge is -2.04. The number of nitrogens with one attached hydrogen (secondary N) is 2. The molecular weight excluding hydrogens is 274 g/mol. The second kappa shape index (κ2) is 5.91. The zero-order chi connectivity index (χ0) is 15.4. The second-order valence-corrected chi connectivity index (χ2v) is 4.12. The van der Waals surface area contributed by atoms with Gasteiger partial charge in [-0.1, -0.05) is 18.2 Å². The van der Waals surface area contributed by atoms with Crippen LogP contribution < -0.4 is 16.4 Å².